The second kappa shape index (κ2) is 7.35. The van der Waals surface area contributed by atoms with Crippen molar-refractivity contribution in [3.05, 3.63) is 62.0 Å². The van der Waals surface area contributed by atoms with Gasteiger partial charge in [0.05, 0.1) is 5.69 Å². The normalized spacial score (nSPS) is 10.0. The van der Waals surface area contributed by atoms with Gasteiger partial charge in [-0.1, -0.05) is 33.6 Å². The zero-order valence-electron chi connectivity index (χ0n) is 10.5. The minimum absolute atomic E-state index is 0.211. The Bertz CT molecular complexity index is 709. The van der Waals surface area contributed by atoms with E-state index in [4.69, 9.17) is 23.8 Å². The highest BCUT2D eigenvalue weighted by Crippen LogP contribution is 2.26. The molecule has 108 valence electrons. The molecule has 1 amide bonds. The minimum Gasteiger partial charge on any atom is -0.331 e. The Hall–Kier alpha value is -0.950. The predicted octanol–water partition coefficient (Wildman–Crippen LogP) is 4.99. The maximum Gasteiger partial charge on any atom is 0.257 e. The molecule has 0 radical (unpaired) electrons. The van der Waals surface area contributed by atoms with Crippen LogP contribution in [0.15, 0.2) is 51.4 Å². The quantitative estimate of drug-likeness (QED) is 0.636. The SMILES string of the molecule is O=C(NC(=S)Nc1ccc(Br)cc1Br)c1cccc(Cl)c1. The third kappa shape index (κ3) is 4.78. The topological polar surface area (TPSA) is 41.1 Å². The standard InChI is InChI=1S/C14H9Br2ClN2OS/c15-9-4-5-12(11(16)7-9)18-14(21)19-13(20)8-2-1-3-10(17)6-8/h1-7H,(H2,18,19,20,21). The van der Waals surface area contributed by atoms with Crippen LogP contribution in [0.1, 0.15) is 10.4 Å². The fraction of sp³-hybridized carbons (Fsp3) is 0. The molecule has 2 N–H and O–H groups in total. The molecule has 0 aromatic heterocycles. The Morgan fingerprint density at radius 1 is 1.14 bits per heavy atom. The van der Waals surface area contributed by atoms with Crippen LogP contribution in [-0.2, 0) is 0 Å². The first kappa shape index (κ1) is 16.4. The van der Waals surface area contributed by atoms with Gasteiger partial charge in [-0.25, -0.2) is 0 Å². The van der Waals surface area contributed by atoms with Crippen molar-refractivity contribution in [3.63, 3.8) is 0 Å². The number of amides is 1. The molecule has 21 heavy (non-hydrogen) atoms. The zero-order chi connectivity index (χ0) is 15.4. The van der Waals surface area contributed by atoms with Crippen LogP contribution in [0.5, 0.6) is 0 Å². The van der Waals surface area contributed by atoms with Gasteiger partial charge in [0.1, 0.15) is 0 Å². The van der Waals surface area contributed by atoms with Gasteiger partial charge in [-0.3, -0.25) is 10.1 Å². The van der Waals surface area contributed by atoms with Gasteiger partial charge in [0.25, 0.3) is 5.91 Å². The van der Waals surface area contributed by atoms with Crippen LogP contribution in [0.25, 0.3) is 0 Å². The maximum atomic E-state index is 12.0. The summed E-state index contributed by atoms with van der Waals surface area (Å²) in [6.07, 6.45) is 0. The van der Waals surface area contributed by atoms with Crippen molar-refractivity contribution in [1.82, 2.24) is 5.32 Å². The number of carbonyl (C=O) groups excluding carboxylic acids is 1. The van der Waals surface area contributed by atoms with E-state index < -0.39 is 0 Å². The van der Waals surface area contributed by atoms with E-state index in [1.807, 2.05) is 18.2 Å². The number of halogens is 3. The number of thiocarbonyl (C=S) groups is 1. The molecular formula is C14H9Br2ClN2OS. The molecule has 0 unspecified atom stereocenters. The molecule has 0 spiro atoms. The van der Waals surface area contributed by atoms with Gasteiger partial charge in [0, 0.05) is 19.5 Å². The highest BCUT2D eigenvalue weighted by Gasteiger charge is 2.09. The number of nitrogens with one attached hydrogen (secondary N) is 2. The van der Waals surface area contributed by atoms with Crippen LogP contribution in [0.3, 0.4) is 0 Å². The van der Waals surface area contributed by atoms with E-state index in [0.717, 1.165) is 14.6 Å². The first-order chi connectivity index (χ1) is 9.95. The summed E-state index contributed by atoms with van der Waals surface area (Å²) < 4.78 is 1.77. The van der Waals surface area contributed by atoms with Gasteiger partial charge >= 0.3 is 0 Å². The average Bonchev–Trinajstić information content (AvgIpc) is 2.42. The molecule has 7 heteroatoms. The van der Waals surface area contributed by atoms with Gasteiger partial charge in [-0.2, -0.15) is 0 Å². The number of benzene rings is 2. The smallest absolute Gasteiger partial charge is 0.257 e. The van der Waals surface area contributed by atoms with Crippen LogP contribution in [0, 0.1) is 0 Å². The molecule has 0 bridgehead atoms. The average molecular weight is 449 g/mol. The molecule has 0 saturated carbocycles. The van der Waals surface area contributed by atoms with Crippen molar-refractivity contribution in [2.24, 2.45) is 0 Å². The maximum absolute atomic E-state index is 12.0. The lowest BCUT2D eigenvalue weighted by Gasteiger charge is -2.11. The summed E-state index contributed by atoms with van der Waals surface area (Å²) in [4.78, 5) is 12.0. The lowest BCUT2D eigenvalue weighted by atomic mass is 10.2. The lowest BCUT2D eigenvalue weighted by Crippen LogP contribution is -2.34. The van der Waals surface area contributed by atoms with Crippen molar-refractivity contribution >= 4 is 72.4 Å². The fourth-order valence-electron chi connectivity index (χ4n) is 1.55. The van der Waals surface area contributed by atoms with Crippen molar-refractivity contribution in [3.8, 4) is 0 Å². The van der Waals surface area contributed by atoms with E-state index in [-0.39, 0.29) is 11.0 Å². The van der Waals surface area contributed by atoms with Crippen LogP contribution in [-0.4, -0.2) is 11.0 Å². The fourth-order valence-corrected chi connectivity index (χ4v) is 3.09. The Labute approximate surface area is 149 Å². The number of rotatable bonds is 2. The van der Waals surface area contributed by atoms with E-state index in [1.165, 1.54) is 0 Å². The molecule has 0 fully saturated rings. The van der Waals surface area contributed by atoms with Crippen LogP contribution >= 0.6 is 55.7 Å². The summed E-state index contributed by atoms with van der Waals surface area (Å²) >= 11 is 17.8. The Kier molecular flexibility index (Phi) is 5.75. The van der Waals surface area contributed by atoms with Gasteiger partial charge in [-0.15, -0.1) is 0 Å². The third-order valence-corrected chi connectivity index (χ3v) is 4.08. The highest BCUT2D eigenvalue weighted by atomic mass is 79.9. The molecule has 2 rings (SSSR count). The number of hydrogen-bond donors (Lipinski definition) is 2. The summed E-state index contributed by atoms with van der Waals surface area (Å²) in [6.45, 7) is 0. The van der Waals surface area contributed by atoms with E-state index in [9.17, 15) is 4.79 Å². The van der Waals surface area contributed by atoms with Gasteiger partial charge < -0.3 is 5.32 Å². The third-order valence-electron chi connectivity index (χ3n) is 2.49. The molecule has 2 aromatic carbocycles. The molecule has 0 aliphatic carbocycles. The number of carbonyl (C=O) groups is 1. The van der Waals surface area contributed by atoms with Crippen molar-refractivity contribution in [2.75, 3.05) is 5.32 Å². The Morgan fingerprint density at radius 3 is 2.57 bits per heavy atom. The highest BCUT2D eigenvalue weighted by molar-refractivity contribution is 9.11. The molecule has 0 saturated heterocycles. The molecule has 0 heterocycles. The molecule has 0 atom stereocenters. The largest absolute Gasteiger partial charge is 0.331 e. The first-order valence-corrected chi connectivity index (χ1v) is 8.16. The molecule has 0 aliphatic rings. The van der Waals surface area contributed by atoms with Crippen LogP contribution < -0.4 is 10.6 Å². The molecule has 2 aromatic rings. The van der Waals surface area contributed by atoms with Gasteiger partial charge in [-0.05, 0) is 64.5 Å². The van der Waals surface area contributed by atoms with Gasteiger partial charge in [0.15, 0.2) is 5.11 Å². The number of anilines is 1. The second-order valence-electron chi connectivity index (χ2n) is 4.04. The Morgan fingerprint density at radius 2 is 1.90 bits per heavy atom. The molecule has 3 nitrogen and oxygen atoms in total. The van der Waals surface area contributed by atoms with Crippen molar-refractivity contribution < 1.29 is 4.79 Å². The second-order valence-corrected chi connectivity index (χ2v) is 6.66. The monoisotopic (exact) mass is 446 g/mol. The number of hydrogen-bond acceptors (Lipinski definition) is 2. The van der Waals surface area contributed by atoms with E-state index in [0.29, 0.717) is 10.6 Å². The molecular weight excluding hydrogens is 439 g/mol. The summed E-state index contributed by atoms with van der Waals surface area (Å²) in [6, 6.07) is 12.2. The summed E-state index contributed by atoms with van der Waals surface area (Å²) in [5, 5.41) is 6.26. The molecule has 0 aliphatic heterocycles. The summed E-state index contributed by atoms with van der Waals surface area (Å²) in [7, 11) is 0. The van der Waals surface area contributed by atoms with Crippen molar-refractivity contribution in [2.45, 2.75) is 0 Å². The summed E-state index contributed by atoms with van der Waals surface area (Å²) in [5.41, 5.74) is 1.20. The minimum atomic E-state index is -0.316. The summed E-state index contributed by atoms with van der Waals surface area (Å²) in [5.74, 6) is -0.316. The van der Waals surface area contributed by atoms with E-state index in [1.54, 1.807) is 24.3 Å². The van der Waals surface area contributed by atoms with Crippen molar-refractivity contribution in [1.29, 1.82) is 0 Å². The van der Waals surface area contributed by atoms with Crippen LogP contribution in [0.2, 0.25) is 5.02 Å². The first-order valence-electron chi connectivity index (χ1n) is 5.78. The van der Waals surface area contributed by atoms with Crippen LogP contribution in [0.4, 0.5) is 5.69 Å². The lowest BCUT2D eigenvalue weighted by molar-refractivity contribution is 0.0977. The van der Waals surface area contributed by atoms with E-state index >= 15 is 0 Å². The predicted molar refractivity (Wildman–Crippen MR) is 97.0 cm³/mol. The van der Waals surface area contributed by atoms with Gasteiger partial charge in [0.2, 0.25) is 0 Å². The Balaban J connectivity index is 2.03. The van der Waals surface area contributed by atoms with E-state index in [2.05, 4.69) is 42.5 Å². The zero-order valence-corrected chi connectivity index (χ0v) is 15.2.